The van der Waals surface area contributed by atoms with Gasteiger partial charge in [-0.15, -0.1) is 6.58 Å². The van der Waals surface area contributed by atoms with E-state index in [2.05, 4.69) is 35.6 Å². The Morgan fingerprint density at radius 3 is 2.96 bits per heavy atom. The molecule has 1 amide bonds. The SMILES string of the molecule is C=CCCC(=O)N[C@@H]1CC(C)(C)Cc2nc(N3CCOCC3)ncc21. The van der Waals surface area contributed by atoms with Crippen molar-refractivity contribution in [3.63, 3.8) is 0 Å². The van der Waals surface area contributed by atoms with Gasteiger partial charge in [-0.2, -0.15) is 0 Å². The topological polar surface area (TPSA) is 67.4 Å². The standard InChI is InChI=1S/C19H28N4O2/c1-4-5-6-17(24)21-15-11-19(2,3)12-16-14(15)13-20-18(22-16)23-7-9-25-10-8-23/h4,13,15H,1,5-12H2,2-3H3,(H,21,24)/t15-/m1/s1. The van der Waals surface area contributed by atoms with Gasteiger partial charge in [-0.3, -0.25) is 4.79 Å². The van der Waals surface area contributed by atoms with E-state index >= 15 is 0 Å². The molecule has 1 aliphatic carbocycles. The zero-order valence-electron chi connectivity index (χ0n) is 15.3. The molecule has 3 rings (SSSR count). The van der Waals surface area contributed by atoms with Gasteiger partial charge in [0.15, 0.2) is 0 Å². The summed E-state index contributed by atoms with van der Waals surface area (Å²) >= 11 is 0. The number of allylic oxidation sites excluding steroid dienone is 1. The number of hydrogen-bond acceptors (Lipinski definition) is 5. The number of aromatic nitrogens is 2. The summed E-state index contributed by atoms with van der Waals surface area (Å²) in [6, 6.07) is -0.0187. The summed E-state index contributed by atoms with van der Waals surface area (Å²) in [6.07, 6.45) is 6.65. The highest BCUT2D eigenvalue weighted by Gasteiger charge is 2.34. The molecular formula is C19H28N4O2. The summed E-state index contributed by atoms with van der Waals surface area (Å²) in [6.45, 7) is 11.2. The number of hydrogen-bond donors (Lipinski definition) is 1. The molecule has 0 bridgehead atoms. The lowest BCUT2D eigenvalue weighted by molar-refractivity contribution is -0.122. The highest BCUT2D eigenvalue weighted by molar-refractivity contribution is 5.76. The van der Waals surface area contributed by atoms with Gasteiger partial charge >= 0.3 is 0 Å². The number of rotatable bonds is 5. The normalized spacial score (nSPS) is 22.2. The van der Waals surface area contributed by atoms with E-state index in [1.165, 1.54) is 0 Å². The van der Waals surface area contributed by atoms with Crippen molar-refractivity contribution in [2.75, 3.05) is 31.2 Å². The smallest absolute Gasteiger partial charge is 0.225 e. The maximum Gasteiger partial charge on any atom is 0.225 e. The summed E-state index contributed by atoms with van der Waals surface area (Å²) in [5.41, 5.74) is 2.21. The number of fused-ring (bicyclic) bond motifs is 1. The van der Waals surface area contributed by atoms with Crippen LogP contribution in [-0.2, 0) is 16.0 Å². The van der Waals surface area contributed by atoms with Crippen LogP contribution in [0.3, 0.4) is 0 Å². The third kappa shape index (κ3) is 4.37. The molecule has 6 heteroatoms. The van der Waals surface area contributed by atoms with E-state index in [-0.39, 0.29) is 17.4 Å². The average Bonchev–Trinajstić information content (AvgIpc) is 2.59. The van der Waals surface area contributed by atoms with Crippen LogP contribution in [0.2, 0.25) is 0 Å². The lowest BCUT2D eigenvalue weighted by atomic mass is 9.74. The zero-order valence-corrected chi connectivity index (χ0v) is 15.3. The second-order valence-electron chi connectivity index (χ2n) is 7.66. The maximum atomic E-state index is 12.2. The molecule has 1 aliphatic heterocycles. The molecule has 1 fully saturated rings. The summed E-state index contributed by atoms with van der Waals surface area (Å²) < 4.78 is 5.41. The van der Waals surface area contributed by atoms with E-state index in [0.717, 1.165) is 43.1 Å². The fraction of sp³-hybridized carbons (Fsp3) is 0.632. The number of morpholine rings is 1. The number of carbonyl (C=O) groups excluding carboxylic acids is 1. The minimum atomic E-state index is -0.0187. The molecule has 2 heterocycles. The zero-order chi connectivity index (χ0) is 17.9. The van der Waals surface area contributed by atoms with Gasteiger partial charge in [-0.25, -0.2) is 9.97 Å². The molecule has 0 unspecified atom stereocenters. The van der Waals surface area contributed by atoms with Crippen LogP contribution in [0.5, 0.6) is 0 Å². The third-order valence-corrected chi connectivity index (χ3v) is 4.87. The summed E-state index contributed by atoms with van der Waals surface area (Å²) in [7, 11) is 0. The van der Waals surface area contributed by atoms with Crippen molar-refractivity contribution in [3.8, 4) is 0 Å². The van der Waals surface area contributed by atoms with Crippen molar-refractivity contribution in [1.82, 2.24) is 15.3 Å². The Balaban J connectivity index is 1.81. The van der Waals surface area contributed by atoms with Crippen molar-refractivity contribution in [3.05, 3.63) is 30.1 Å². The third-order valence-electron chi connectivity index (χ3n) is 4.87. The van der Waals surface area contributed by atoms with E-state index in [4.69, 9.17) is 9.72 Å². The monoisotopic (exact) mass is 344 g/mol. The number of carbonyl (C=O) groups is 1. The highest BCUT2D eigenvalue weighted by atomic mass is 16.5. The van der Waals surface area contributed by atoms with E-state index in [1.54, 1.807) is 6.08 Å². The van der Waals surface area contributed by atoms with Crippen LogP contribution in [0.1, 0.15) is 50.4 Å². The molecule has 1 saturated heterocycles. The van der Waals surface area contributed by atoms with Crippen molar-refractivity contribution < 1.29 is 9.53 Å². The van der Waals surface area contributed by atoms with E-state index < -0.39 is 0 Å². The van der Waals surface area contributed by atoms with Crippen LogP contribution in [0, 0.1) is 5.41 Å². The summed E-state index contributed by atoms with van der Waals surface area (Å²) in [5, 5.41) is 3.16. The quantitative estimate of drug-likeness (QED) is 0.831. The fourth-order valence-corrected chi connectivity index (χ4v) is 3.58. The van der Waals surface area contributed by atoms with E-state index in [9.17, 15) is 4.79 Å². The lowest BCUT2D eigenvalue weighted by Crippen LogP contribution is -2.39. The van der Waals surface area contributed by atoms with Crippen molar-refractivity contribution in [2.24, 2.45) is 5.41 Å². The molecule has 2 aliphatic rings. The van der Waals surface area contributed by atoms with Crippen LogP contribution in [0.15, 0.2) is 18.9 Å². The van der Waals surface area contributed by atoms with Gasteiger partial charge in [0.05, 0.1) is 24.9 Å². The summed E-state index contributed by atoms with van der Waals surface area (Å²) in [4.78, 5) is 23.8. The van der Waals surface area contributed by atoms with Gasteiger partial charge in [0.25, 0.3) is 0 Å². The first kappa shape index (κ1) is 17.9. The molecule has 1 atom stereocenters. The Morgan fingerprint density at radius 2 is 2.24 bits per heavy atom. The predicted molar refractivity (Wildman–Crippen MR) is 97.5 cm³/mol. The van der Waals surface area contributed by atoms with Crippen molar-refractivity contribution in [1.29, 1.82) is 0 Å². The Morgan fingerprint density at radius 1 is 1.48 bits per heavy atom. The molecule has 1 aromatic heterocycles. The highest BCUT2D eigenvalue weighted by Crippen LogP contribution is 2.40. The van der Waals surface area contributed by atoms with E-state index in [1.807, 2.05) is 6.20 Å². The first-order chi connectivity index (χ1) is 12.0. The first-order valence-corrected chi connectivity index (χ1v) is 9.07. The molecule has 6 nitrogen and oxygen atoms in total. The molecule has 0 radical (unpaired) electrons. The minimum absolute atomic E-state index is 0.0187. The molecule has 1 N–H and O–H groups in total. The van der Waals surface area contributed by atoms with Crippen LogP contribution in [0.25, 0.3) is 0 Å². The van der Waals surface area contributed by atoms with Gasteiger partial charge in [0.2, 0.25) is 11.9 Å². The Hall–Kier alpha value is -1.95. The summed E-state index contributed by atoms with van der Waals surface area (Å²) in [5.74, 6) is 0.835. The second kappa shape index (κ2) is 7.52. The average molecular weight is 344 g/mol. The number of nitrogens with one attached hydrogen (secondary N) is 1. The largest absolute Gasteiger partial charge is 0.378 e. The molecule has 25 heavy (non-hydrogen) atoms. The molecule has 0 saturated carbocycles. The fourth-order valence-electron chi connectivity index (χ4n) is 3.58. The van der Waals surface area contributed by atoms with Gasteiger partial charge in [-0.05, 0) is 24.7 Å². The van der Waals surface area contributed by atoms with Crippen molar-refractivity contribution in [2.45, 2.75) is 45.6 Å². The van der Waals surface area contributed by atoms with Gasteiger partial charge in [-0.1, -0.05) is 19.9 Å². The first-order valence-electron chi connectivity index (χ1n) is 9.07. The van der Waals surface area contributed by atoms with Crippen LogP contribution in [0.4, 0.5) is 5.95 Å². The van der Waals surface area contributed by atoms with E-state index in [0.29, 0.717) is 26.1 Å². The predicted octanol–water partition coefficient (Wildman–Crippen LogP) is 2.41. The van der Waals surface area contributed by atoms with Crippen LogP contribution >= 0.6 is 0 Å². The number of nitrogens with zero attached hydrogens (tertiary/aromatic N) is 3. The lowest BCUT2D eigenvalue weighted by Gasteiger charge is -2.37. The Labute approximate surface area is 149 Å². The van der Waals surface area contributed by atoms with Gasteiger partial charge < -0.3 is 15.0 Å². The number of ether oxygens (including phenoxy) is 1. The minimum Gasteiger partial charge on any atom is -0.378 e. The molecule has 136 valence electrons. The Bertz CT molecular complexity index is 638. The Kier molecular flexibility index (Phi) is 5.37. The van der Waals surface area contributed by atoms with Crippen molar-refractivity contribution >= 4 is 11.9 Å². The molecular weight excluding hydrogens is 316 g/mol. The van der Waals surface area contributed by atoms with Gasteiger partial charge in [0.1, 0.15) is 0 Å². The molecule has 1 aromatic rings. The molecule has 0 spiro atoms. The van der Waals surface area contributed by atoms with Crippen LogP contribution < -0.4 is 10.2 Å². The van der Waals surface area contributed by atoms with Crippen LogP contribution in [-0.4, -0.2) is 42.2 Å². The number of anilines is 1. The second-order valence-corrected chi connectivity index (χ2v) is 7.66. The molecule has 0 aromatic carbocycles. The maximum absolute atomic E-state index is 12.2. The van der Waals surface area contributed by atoms with Gasteiger partial charge in [0, 0.05) is 31.3 Å². The number of amides is 1.